The van der Waals surface area contributed by atoms with Gasteiger partial charge in [-0.3, -0.25) is 0 Å². The first-order chi connectivity index (χ1) is 6.18. The molecule has 1 rings (SSSR count). The molecule has 1 aliphatic rings. The van der Waals surface area contributed by atoms with Gasteiger partial charge < -0.3 is 9.84 Å². The Morgan fingerprint density at radius 1 is 1.23 bits per heavy atom. The van der Waals surface area contributed by atoms with Gasteiger partial charge in [0.05, 0.1) is 11.8 Å². The summed E-state index contributed by atoms with van der Waals surface area (Å²) < 4.78 is 4.95. The number of carbonyl (C=O) groups is 2. The highest BCUT2D eigenvalue weighted by Crippen LogP contribution is 2.22. The van der Waals surface area contributed by atoms with E-state index in [9.17, 15) is 9.59 Å². The fraction of sp³-hybridized carbons (Fsp3) is 0.750. The van der Waals surface area contributed by atoms with Gasteiger partial charge in [-0.1, -0.05) is 6.42 Å². The minimum Gasteiger partial charge on any atom is -0.473 e. The maximum Gasteiger partial charge on any atom is 0.378 e. The van der Waals surface area contributed by atoms with Gasteiger partial charge in [0, 0.05) is 0 Å². The quantitative estimate of drug-likeness (QED) is 0.665. The lowest BCUT2D eigenvalue weighted by atomic mass is 9.98. The maximum atomic E-state index is 10.9. The van der Waals surface area contributed by atoms with Crippen molar-refractivity contribution >= 4 is 22.4 Å². The van der Waals surface area contributed by atoms with E-state index < -0.39 is 10.6 Å². The molecule has 4 nitrogen and oxygen atoms in total. The van der Waals surface area contributed by atoms with Crippen molar-refractivity contribution in [3.8, 4) is 0 Å². The Kier molecular flexibility index (Phi) is 4.08. The van der Waals surface area contributed by atoms with Crippen LogP contribution < -0.4 is 0 Å². The maximum absolute atomic E-state index is 10.9. The molecule has 0 unspecified atom stereocenters. The Bertz CT molecular complexity index is 198. The lowest BCUT2D eigenvalue weighted by Crippen LogP contribution is -2.19. The summed E-state index contributed by atoms with van der Waals surface area (Å²) in [7, 11) is 0. The monoisotopic (exact) mass is 204 g/mol. The molecule has 1 aliphatic carbocycles. The Morgan fingerprint density at radius 2 is 1.85 bits per heavy atom. The smallest absolute Gasteiger partial charge is 0.378 e. The molecular formula is C8H12O4S. The number of ether oxygens (including phenoxy) is 1. The molecular weight excluding hydrogens is 192 g/mol. The summed E-state index contributed by atoms with van der Waals surface area (Å²) in [4.78, 5) is 21.0. The van der Waals surface area contributed by atoms with Gasteiger partial charge in [0.1, 0.15) is 6.10 Å². The van der Waals surface area contributed by atoms with Gasteiger partial charge in [-0.25, -0.2) is 9.59 Å². The molecule has 0 aromatic heterocycles. The normalized spacial score (nSPS) is 18.2. The summed E-state index contributed by atoms with van der Waals surface area (Å²) in [6.45, 7) is 0. The van der Waals surface area contributed by atoms with Crippen molar-refractivity contribution in [1.82, 2.24) is 0 Å². The molecule has 0 amide bonds. The van der Waals surface area contributed by atoms with Gasteiger partial charge in [-0.05, 0) is 25.7 Å². The predicted octanol–water partition coefficient (Wildman–Crippen LogP) is 2.87. The number of carbonyl (C=O) groups excluding carboxylic acids is 1. The molecule has 13 heavy (non-hydrogen) atoms. The molecule has 0 aromatic rings. The molecule has 0 radical (unpaired) electrons. The molecule has 0 atom stereocenters. The van der Waals surface area contributed by atoms with Crippen LogP contribution in [-0.4, -0.2) is 21.8 Å². The molecule has 0 heterocycles. The van der Waals surface area contributed by atoms with Gasteiger partial charge in [0.25, 0.3) is 0 Å². The second kappa shape index (κ2) is 5.11. The van der Waals surface area contributed by atoms with E-state index in [-0.39, 0.29) is 17.9 Å². The summed E-state index contributed by atoms with van der Waals surface area (Å²) in [6, 6.07) is 0. The highest BCUT2D eigenvalue weighted by Gasteiger charge is 2.19. The molecule has 0 saturated heterocycles. The van der Waals surface area contributed by atoms with E-state index in [0.717, 1.165) is 25.7 Å². The number of hydrogen-bond acceptors (Lipinski definition) is 4. The average Bonchev–Trinajstić information content (AvgIpc) is 2.04. The summed E-state index contributed by atoms with van der Waals surface area (Å²) in [6.07, 6.45) is 4.98. The second-order valence-corrected chi connectivity index (χ2v) is 3.88. The van der Waals surface area contributed by atoms with Crippen LogP contribution in [0.25, 0.3) is 0 Å². The summed E-state index contributed by atoms with van der Waals surface area (Å²) >= 11 is 0.204. The third-order valence-electron chi connectivity index (χ3n) is 1.99. The van der Waals surface area contributed by atoms with Gasteiger partial charge in [0.15, 0.2) is 0 Å². The molecule has 5 heteroatoms. The van der Waals surface area contributed by atoms with Crippen LogP contribution in [0.1, 0.15) is 32.1 Å². The van der Waals surface area contributed by atoms with Gasteiger partial charge in [0.2, 0.25) is 0 Å². The van der Waals surface area contributed by atoms with Crippen LogP contribution in [0.15, 0.2) is 0 Å². The zero-order valence-corrected chi connectivity index (χ0v) is 8.01. The van der Waals surface area contributed by atoms with E-state index in [1.165, 1.54) is 6.42 Å². The largest absolute Gasteiger partial charge is 0.473 e. The first kappa shape index (κ1) is 10.4. The number of rotatable bonds is 1. The SMILES string of the molecule is O=C(O)SC(=O)OC1CCCCC1. The van der Waals surface area contributed by atoms with E-state index in [1.54, 1.807) is 0 Å². The van der Waals surface area contributed by atoms with Crippen molar-refractivity contribution in [1.29, 1.82) is 0 Å². The number of thioether (sulfide) groups is 1. The lowest BCUT2D eigenvalue weighted by molar-refractivity contribution is 0.0967. The zero-order valence-electron chi connectivity index (χ0n) is 7.19. The van der Waals surface area contributed by atoms with Crippen LogP contribution in [0.3, 0.4) is 0 Å². The van der Waals surface area contributed by atoms with Gasteiger partial charge in [-0.15, -0.1) is 0 Å². The van der Waals surface area contributed by atoms with Crippen LogP contribution in [0.5, 0.6) is 0 Å². The summed E-state index contributed by atoms with van der Waals surface area (Å²) in [5.41, 5.74) is 0. The first-order valence-corrected chi connectivity index (χ1v) is 5.11. The van der Waals surface area contributed by atoms with Crippen LogP contribution in [0, 0.1) is 0 Å². The van der Waals surface area contributed by atoms with Gasteiger partial charge in [-0.2, -0.15) is 0 Å². The molecule has 0 bridgehead atoms. The Morgan fingerprint density at radius 3 is 2.38 bits per heavy atom. The van der Waals surface area contributed by atoms with E-state index in [4.69, 9.17) is 9.84 Å². The van der Waals surface area contributed by atoms with Crippen LogP contribution in [-0.2, 0) is 4.74 Å². The van der Waals surface area contributed by atoms with Crippen LogP contribution >= 0.6 is 11.8 Å². The Labute approximate surface area is 80.6 Å². The Balaban J connectivity index is 2.22. The molecule has 1 fully saturated rings. The number of hydrogen-bond donors (Lipinski definition) is 1. The van der Waals surface area contributed by atoms with Crippen molar-refractivity contribution in [2.24, 2.45) is 0 Å². The summed E-state index contributed by atoms with van der Waals surface area (Å²) in [5.74, 6) is 0. The van der Waals surface area contributed by atoms with Crippen molar-refractivity contribution < 1.29 is 19.4 Å². The average molecular weight is 204 g/mol. The highest BCUT2D eigenvalue weighted by atomic mass is 32.2. The van der Waals surface area contributed by atoms with Crippen molar-refractivity contribution in [3.05, 3.63) is 0 Å². The van der Waals surface area contributed by atoms with E-state index in [1.807, 2.05) is 0 Å². The molecule has 74 valence electrons. The topological polar surface area (TPSA) is 63.6 Å². The summed E-state index contributed by atoms with van der Waals surface area (Å²) in [5, 5.41) is 6.37. The molecule has 0 aromatic carbocycles. The van der Waals surface area contributed by atoms with Crippen LogP contribution in [0.4, 0.5) is 9.59 Å². The predicted molar refractivity (Wildman–Crippen MR) is 49.0 cm³/mol. The number of carboxylic acid groups (broad SMARTS) is 1. The second-order valence-electron chi connectivity index (χ2n) is 3.00. The van der Waals surface area contributed by atoms with Crippen LogP contribution in [0.2, 0.25) is 0 Å². The van der Waals surface area contributed by atoms with E-state index >= 15 is 0 Å². The molecule has 0 aliphatic heterocycles. The van der Waals surface area contributed by atoms with E-state index in [2.05, 4.69) is 0 Å². The van der Waals surface area contributed by atoms with Gasteiger partial charge >= 0.3 is 10.6 Å². The minimum absolute atomic E-state index is 0.0619. The fourth-order valence-corrected chi connectivity index (χ4v) is 1.74. The Hall–Kier alpha value is -0.710. The molecule has 1 saturated carbocycles. The third-order valence-corrected chi connectivity index (χ3v) is 2.42. The fourth-order valence-electron chi connectivity index (χ4n) is 1.41. The van der Waals surface area contributed by atoms with Crippen molar-refractivity contribution in [2.75, 3.05) is 0 Å². The molecule has 1 N–H and O–H groups in total. The zero-order chi connectivity index (χ0) is 9.68. The van der Waals surface area contributed by atoms with Crippen molar-refractivity contribution in [3.63, 3.8) is 0 Å². The lowest BCUT2D eigenvalue weighted by Gasteiger charge is -2.20. The van der Waals surface area contributed by atoms with E-state index in [0.29, 0.717) is 0 Å². The highest BCUT2D eigenvalue weighted by molar-refractivity contribution is 8.25. The first-order valence-electron chi connectivity index (χ1n) is 4.30. The standard InChI is InChI=1S/C8H12O4S/c9-7(10)13-8(11)12-6-4-2-1-3-5-6/h6H,1-5H2,(H,9,10). The minimum atomic E-state index is -1.21. The molecule has 0 spiro atoms. The van der Waals surface area contributed by atoms with Crippen molar-refractivity contribution in [2.45, 2.75) is 38.2 Å². The third kappa shape index (κ3) is 4.17.